The number of carbonyl (C=O) groups excluding carboxylic acids is 1. The highest BCUT2D eigenvalue weighted by Crippen LogP contribution is 2.27. The van der Waals surface area contributed by atoms with E-state index in [1.807, 2.05) is 24.3 Å². The van der Waals surface area contributed by atoms with Gasteiger partial charge in [0.1, 0.15) is 5.69 Å². The van der Waals surface area contributed by atoms with Crippen LogP contribution in [0, 0.1) is 0 Å². The fourth-order valence-corrected chi connectivity index (χ4v) is 5.49. The maximum atomic E-state index is 13.2. The molecule has 2 aromatic carbocycles. The minimum atomic E-state index is -3.57. The Balaban J connectivity index is 1.49. The number of aromatic nitrogens is 1. The number of sulfonamides is 1. The van der Waals surface area contributed by atoms with Crippen molar-refractivity contribution in [2.75, 3.05) is 18.4 Å². The van der Waals surface area contributed by atoms with Gasteiger partial charge < -0.3 is 9.73 Å². The molecule has 4 aromatic rings. The van der Waals surface area contributed by atoms with E-state index in [1.54, 1.807) is 42.7 Å². The second-order valence-electron chi connectivity index (χ2n) is 7.64. The molecule has 1 aliphatic heterocycles. The summed E-state index contributed by atoms with van der Waals surface area (Å²) < 4.78 is 32.7. The Morgan fingerprint density at radius 1 is 0.969 bits per heavy atom. The van der Waals surface area contributed by atoms with Crippen molar-refractivity contribution in [1.82, 2.24) is 9.29 Å². The Bertz CT molecular complexity index is 1390. The van der Waals surface area contributed by atoms with Crippen molar-refractivity contribution in [3.8, 4) is 11.5 Å². The van der Waals surface area contributed by atoms with Crippen molar-refractivity contribution in [2.24, 2.45) is 0 Å². The Kier molecular flexibility index (Phi) is 5.24. The molecular formula is C24H21N3O4S. The number of hydrogen-bond donors (Lipinski definition) is 1. The minimum absolute atomic E-state index is 0.174. The Labute approximate surface area is 185 Å². The summed E-state index contributed by atoms with van der Waals surface area (Å²) in [6.07, 6.45) is 3.28. The number of fused-ring (bicyclic) bond motifs is 1. The summed E-state index contributed by atoms with van der Waals surface area (Å²) >= 11 is 0. The minimum Gasteiger partial charge on any atom is -0.463 e. The van der Waals surface area contributed by atoms with Crippen LogP contribution in [0.4, 0.5) is 5.69 Å². The van der Waals surface area contributed by atoms with Gasteiger partial charge in [0.05, 0.1) is 22.2 Å². The number of furan rings is 1. The maximum absolute atomic E-state index is 13.2. The van der Waals surface area contributed by atoms with Crippen LogP contribution < -0.4 is 5.32 Å². The molecule has 0 aliphatic carbocycles. The molecule has 0 saturated carbocycles. The van der Waals surface area contributed by atoms with Gasteiger partial charge in [0.15, 0.2) is 5.76 Å². The standard InChI is InChI=1S/C24H21N3O4S/c28-24(25-17-7-5-8-18(15-17)32(29,30)27-12-3-4-13-27)20-16-22(23-11-6-14-31-23)26-21-10-2-1-9-19(20)21/h1-2,5-11,14-16H,3-4,12-13H2,(H,25,28). The molecule has 0 spiro atoms. The number of nitrogens with one attached hydrogen (secondary N) is 1. The maximum Gasteiger partial charge on any atom is 0.256 e. The molecular weight excluding hydrogens is 426 g/mol. The van der Waals surface area contributed by atoms with E-state index in [0.29, 0.717) is 46.7 Å². The molecule has 0 bridgehead atoms. The van der Waals surface area contributed by atoms with E-state index >= 15 is 0 Å². The van der Waals surface area contributed by atoms with E-state index in [2.05, 4.69) is 10.3 Å². The number of pyridine rings is 1. The average molecular weight is 448 g/mol. The fourth-order valence-electron chi connectivity index (χ4n) is 3.92. The van der Waals surface area contributed by atoms with Crippen LogP contribution in [-0.2, 0) is 10.0 Å². The van der Waals surface area contributed by atoms with Crippen LogP contribution in [0.3, 0.4) is 0 Å². The monoisotopic (exact) mass is 447 g/mol. The van der Waals surface area contributed by atoms with E-state index < -0.39 is 10.0 Å². The molecule has 0 atom stereocenters. The van der Waals surface area contributed by atoms with Gasteiger partial charge in [-0.1, -0.05) is 24.3 Å². The number of nitrogens with zero attached hydrogens (tertiary/aromatic N) is 2. The van der Waals surface area contributed by atoms with Gasteiger partial charge in [-0.05, 0) is 55.3 Å². The molecule has 1 N–H and O–H groups in total. The summed E-state index contributed by atoms with van der Waals surface area (Å²) in [5.74, 6) is 0.204. The summed E-state index contributed by atoms with van der Waals surface area (Å²) in [5, 5.41) is 3.54. The second-order valence-corrected chi connectivity index (χ2v) is 9.58. The molecule has 5 rings (SSSR count). The van der Waals surface area contributed by atoms with E-state index in [0.717, 1.165) is 12.8 Å². The van der Waals surface area contributed by atoms with Crippen molar-refractivity contribution < 1.29 is 17.6 Å². The van der Waals surface area contributed by atoms with Crippen LogP contribution in [-0.4, -0.2) is 36.7 Å². The lowest BCUT2D eigenvalue weighted by atomic mass is 10.1. The molecule has 1 amide bonds. The highest BCUT2D eigenvalue weighted by molar-refractivity contribution is 7.89. The molecule has 1 saturated heterocycles. The zero-order valence-electron chi connectivity index (χ0n) is 17.2. The fraction of sp³-hybridized carbons (Fsp3) is 0.167. The number of benzene rings is 2. The third-order valence-corrected chi connectivity index (χ3v) is 7.42. The summed E-state index contributed by atoms with van der Waals surface area (Å²) in [6.45, 7) is 1.05. The van der Waals surface area contributed by atoms with Gasteiger partial charge in [-0.2, -0.15) is 4.31 Å². The average Bonchev–Trinajstić information content (AvgIpc) is 3.53. The van der Waals surface area contributed by atoms with Gasteiger partial charge in [-0.25, -0.2) is 13.4 Å². The third-order valence-electron chi connectivity index (χ3n) is 5.53. The number of amides is 1. The largest absolute Gasteiger partial charge is 0.463 e. The third kappa shape index (κ3) is 3.79. The Morgan fingerprint density at radius 2 is 1.78 bits per heavy atom. The van der Waals surface area contributed by atoms with E-state index in [-0.39, 0.29) is 10.8 Å². The molecule has 32 heavy (non-hydrogen) atoms. The smallest absolute Gasteiger partial charge is 0.256 e. The molecule has 8 heteroatoms. The summed E-state index contributed by atoms with van der Waals surface area (Å²) in [4.78, 5) is 18.0. The van der Waals surface area contributed by atoms with Crippen molar-refractivity contribution in [1.29, 1.82) is 0 Å². The van der Waals surface area contributed by atoms with E-state index in [4.69, 9.17) is 4.42 Å². The SMILES string of the molecule is O=C(Nc1cccc(S(=O)(=O)N2CCCC2)c1)c1cc(-c2ccco2)nc2ccccc12. The van der Waals surface area contributed by atoms with Gasteiger partial charge in [-0.15, -0.1) is 0 Å². The molecule has 1 fully saturated rings. The first kappa shape index (κ1) is 20.4. The number of carbonyl (C=O) groups is 1. The molecule has 3 heterocycles. The van der Waals surface area contributed by atoms with Crippen LogP contribution in [0.1, 0.15) is 23.2 Å². The first-order valence-corrected chi connectivity index (χ1v) is 11.8. The van der Waals surface area contributed by atoms with Crippen LogP contribution >= 0.6 is 0 Å². The quantitative estimate of drug-likeness (QED) is 0.485. The van der Waals surface area contributed by atoms with E-state index in [9.17, 15) is 13.2 Å². The number of para-hydroxylation sites is 1. The van der Waals surface area contributed by atoms with Crippen LogP contribution in [0.15, 0.2) is 82.3 Å². The summed E-state index contributed by atoms with van der Waals surface area (Å²) in [6, 6.07) is 19.0. The van der Waals surface area contributed by atoms with Crippen LogP contribution in [0.5, 0.6) is 0 Å². The summed E-state index contributed by atoms with van der Waals surface area (Å²) in [5.41, 5.74) is 2.05. The van der Waals surface area contributed by atoms with Crippen molar-refractivity contribution in [3.63, 3.8) is 0 Å². The zero-order valence-corrected chi connectivity index (χ0v) is 18.0. The van der Waals surface area contributed by atoms with Gasteiger partial charge in [0.2, 0.25) is 10.0 Å². The molecule has 2 aromatic heterocycles. The van der Waals surface area contributed by atoms with Crippen LogP contribution in [0.25, 0.3) is 22.4 Å². The summed E-state index contributed by atoms with van der Waals surface area (Å²) in [7, 11) is -3.57. The highest BCUT2D eigenvalue weighted by Gasteiger charge is 2.27. The predicted octanol–water partition coefficient (Wildman–Crippen LogP) is 4.53. The lowest BCUT2D eigenvalue weighted by Crippen LogP contribution is -2.27. The van der Waals surface area contributed by atoms with Gasteiger partial charge >= 0.3 is 0 Å². The van der Waals surface area contributed by atoms with Crippen molar-refractivity contribution in [2.45, 2.75) is 17.7 Å². The predicted molar refractivity (Wildman–Crippen MR) is 122 cm³/mol. The second kappa shape index (κ2) is 8.22. The molecule has 0 unspecified atom stereocenters. The van der Waals surface area contributed by atoms with E-state index in [1.165, 1.54) is 10.4 Å². The Hall–Kier alpha value is -3.49. The lowest BCUT2D eigenvalue weighted by Gasteiger charge is -2.16. The first-order chi connectivity index (χ1) is 15.5. The highest BCUT2D eigenvalue weighted by atomic mass is 32.2. The van der Waals surface area contributed by atoms with Crippen molar-refractivity contribution in [3.05, 3.63) is 78.6 Å². The lowest BCUT2D eigenvalue weighted by molar-refractivity contribution is 0.102. The molecule has 7 nitrogen and oxygen atoms in total. The molecule has 0 radical (unpaired) electrons. The first-order valence-electron chi connectivity index (χ1n) is 10.4. The normalized spacial score (nSPS) is 14.6. The zero-order chi connectivity index (χ0) is 22.1. The number of hydrogen-bond acceptors (Lipinski definition) is 5. The van der Waals surface area contributed by atoms with Crippen LogP contribution in [0.2, 0.25) is 0 Å². The Morgan fingerprint density at radius 3 is 2.56 bits per heavy atom. The number of rotatable bonds is 5. The molecule has 162 valence electrons. The number of anilines is 1. The van der Waals surface area contributed by atoms with Gasteiger partial charge in [0, 0.05) is 24.2 Å². The van der Waals surface area contributed by atoms with Crippen molar-refractivity contribution >= 4 is 32.5 Å². The van der Waals surface area contributed by atoms with Gasteiger partial charge in [0.25, 0.3) is 5.91 Å². The van der Waals surface area contributed by atoms with Gasteiger partial charge in [-0.3, -0.25) is 4.79 Å². The molecule has 1 aliphatic rings. The topological polar surface area (TPSA) is 92.5 Å².